The summed E-state index contributed by atoms with van der Waals surface area (Å²) in [4.78, 5) is 37.7. The minimum atomic E-state index is -1.52. The van der Waals surface area contributed by atoms with E-state index in [1.165, 1.54) is 205 Å². The predicted molar refractivity (Wildman–Crippen MR) is 392 cm³/mol. The number of ether oxygens (including phenoxy) is 4. The monoisotopic (exact) mass is 1270 g/mol. The Labute approximate surface area is 562 Å². The first-order valence-corrected chi connectivity index (χ1v) is 38.1. The van der Waals surface area contributed by atoms with Crippen LogP contribution in [0.5, 0.6) is 0 Å². The zero-order valence-corrected chi connectivity index (χ0v) is 60.0. The third-order valence-corrected chi connectivity index (χ3v) is 16.5. The Bertz CT molecular complexity index is 1870. The average Bonchev–Trinajstić information content (AvgIpc) is 3.65. The van der Waals surface area contributed by atoms with Crippen LogP contribution in [0.15, 0.2) is 109 Å². The second-order valence-corrected chi connectivity index (χ2v) is 26.6. The molecule has 0 aliphatic rings. The minimum absolute atomic E-state index is 0.183. The zero-order chi connectivity index (χ0) is 66.1. The van der Waals surface area contributed by atoms with E-state index in [-0.39, 0.29) is 32.2 Å². The first-order valence-electron chi connectivity index (χ1n) is 38.1. The number of hydrogen-bond acceptors (Lipinski definition) is 7. The highest BCUT2D eigenvalue weighted by molar-refractivity contribution is 5.71. The number of nitrogens with zero attached hydrogens (tertiary/aromatic N) is 1. The smallest absolute Gasteiger partial charge is 0.361 e. The molecule has 0 amide bonds. The first kappa shape index (κ1) is 87.0. The predicted octanol–water partition coefficient (Wildman–Crippen LogP) is 24.1. The fraction of sp³-hybridized carbons (Fsp3) is 0.744. The minimum Gasteiger partial charge on any atom is -0.477 e. The second kappa shape index (κ2) is 71.8. The summed E-state index contributed by atoms with van der Waals surface area (Å²) in [6.45, 7) is 4.78. The number of unbranched alkanes of at least 4 members (excludes halogenated alkanes) is 37. The van der Waals surface area contributed by atoms with Gasteiger partial charge in [-0.05, 0) is 103 Å². The van der Waals surface area contributed by atoms with Crippen LogP contribution in [0.1, 0.15) is 335 Å². The molecule has 0 aliphatic heterocycles. The van der Waals surface area contributed by atoms with E-state index < -0.39 is 24.3 Å². The summed E-state index contributed by atoms with van der Waals surface area (Å²) in [5.74, 6) is -2.00. The third kappa shape index (κ3) is 73.2. The lowest BCUT2D eigenvalue weighted by molar-refractivity contribution is -0.870. The van der Waals surface area contributed by atoms with E-state index in [0.717, 1.165) is 96.3 Å². The normalized spacial score (nSPS) is 13.3. The molecule has 9 nitrogen and oxygen atoms in total. The van der Waals surface area contributed by atoms with Gasteiger partial charge in [0.1, 0.15) is 13.2 Å². The van der Waals surface area contributed by atoms with Gasteiger partial charge in [0.2, 0.25) is 0 Å². The van der Waals surface area contributed by atoms with Crippen molar-refractivity contribution in [2.75, 3.05) is 47.5 Å². The van der Waals surface area contributed by atoms with Gasteiger partial charge < -0.3 is 28.5 Å². The molecule has 0 saturated carbocycles. The third-order valence-electron chi connectivity index (χ3n) is 16.5. The number of esters is 2. The second-order valence-electron chi connectivity index (χ2n) is 26.6. The summed E-state index contributed by atoms with van der Waals surface area (Å²) >= 11 is 0. The maximum Gasteiger partial charge on any atom is 0.361 e. The van der Waals surface area contributed by atoms with E-state index >= 15 is 0 Å². The van der Waals surface area contributed by atoms with Crippen molar-refractivity contribution in [1.82, 2.24) is 0 Å². The van der Waals surface area contributed by atoms with Gasteiger partial charge in [-0.25, -0.2) is 4.79 Å². The van der Waals surface area contributed by atoms with Gasteiger partial charge in [-0.15, -0.1) is 0 Å². The van der Waals surface area contributed by atoms with Crippen LogP contribution >= 0.6 is 0 Å². The van der Waals surface area contributed by atoms with E-state index in [2.05, 4.69) is 123 Å². The molecule has 0 aromatic carbocycles. The van der Waals surface area contributed by atoms with Gasteiger partial charge >= 0.3 is 17.9 Å². The molecule has 0 bridgehead atoms. The van der Waals surface area contributed by atoms with Crippen molar-refractivity contribution in [1.29, 1.82) is 0 Å². The zero-order valence-electron chi connectivity index (χ0n) is 60.0. The SMILES string of the molecule is CC/C=C\C/C=C\C/C=C\C/C=C\C/C=C\C/C=C\C/C=C\CCCCCCCCCCCC(=O)OC(COC(=O)CCCCCCCCCCCCCCCCCCCCCCCCC/C=C\C/C=C\CCCCCCC)COC(OCC[N+](C)(C)C)C(=O)O. The van der Waals surface area contributed by atoms with Gasteiger partial charge in [0, 0.05) is 12.8 Å². The average molecular weight is 1270 g/mol. The first-order chi connectivity index (χ1) is 44.6. The van der Waals surface area contributed by atoms with Gasteiger partial charge in [0.25, 0.3) is 6.29 Å². The van der Waals surface area contributed by atoms with Crippen molar-refractivity contribution in [3.8, 4) is 0 Å². The summed E-state index contributed by atoms with van der Waals surface area (Å²) in [6, 6.07) is 0. The maximum absolute atomic E-state index is 13.0. The summed E-state index contributed by atoms with van der Waals surface area (Å²) in [7, 11) is 5.98. The molecule has 0 spiro atoms. The van der Waals surface area contributed by atoms with E-state index in [1.54, 1.807) is 0 Å². The van der Waals surface area contributed by atoms with Crippen molar-refractivity contribution >= 4 is 17.9 Å². The fourth-order valence-electron chi connectivity index (χ4n) is 10.7. The van der Waals surface area contributed by atoms with Gasteiger partial charge in [0.05, 0.1) is 34.4 Å². The Kier molecular flexibility index (Phi) is 68.6. The molecule has 0 saturated heterocycles. The van der Waals surface area contributed by atoms with Crippen LogP contribution in [0.25, 0.3) is 0 Å². The Hall–Kier alpha value is -4.05. The topological polar surface area (TPSA) is 108 Å². The molecule has 2 unspecified atom stereocenters. The van der Waals surface area contributed by atoms with Gasteiger partial charge in [0.15, 0.2) is 6.10 Å². The van der Waals surface area contributed by atoms with Crippen molar-refractivity contribution in [3.63, 3.8) is 0 Å². The number of allylic oxidation sites excluding steroid dienone is 18. The van der Waals surface area contributed by atoms with E-state index in [0.29, 0.717) is 23.9 Å². The standard InChI is InChI=1S/C82H143NO8/c1-6-8-10-12-14-16-18-20-22-24-26-28-30-32-34-36-38-39-40-41-43-44-46-48-50-52-54-56-58-60-62-64-66-68-70-72-79(84)89-76-78(77-90-82(81(86)87)88-75-74-83(3,4)5)91-80(85)73-71-69-67-65-63-61-59-57-55-53-51-49-47-45-42-37-35-33-31-29-27-25-23-21-19-17-15-13-11-9-7-2/h9,11,15,17-18,20-21,23-24,26-27,29,33,35,42,45,49,51,78,82H,6-8,10,12-14,16,19,22,25,28,30-32,34,36-41,43-44,46-48,50,52-77H2,1-5H3/p+1/b11-9-,17-15-,20-18-,23-21-,26-24-,29-27-,35-33-,45-42-,51-49-. The molecule has 9 heteroatoms. The number of likely N-dealkylation sites (N-methyl/N-ethyl adjacent to an activating group) is 1. The summed E-state index contributed by atoms with van der Waals surface area (Å²) in [6.07, 6.45) is 97.9. The number of carbonyl (C=O) groups is 3. The van der Waals surface area contributed by atoms with Crippen LogP contribution in [0.3, 0.4) is 0 Å². The highest BCUT2D eigenvalue weighted by Gasteiger charge is 2.25. The molecule has 0 fully saturated rings. The van der Waals surface area contributed by atoms with Crippen LogP contribution < -0.4 is 0 Å². The molecule has 1 N–H and O–H groups in total. The number of carbonyl (C=O) groups excluding carboxylic acids is 2. The molecule has 91 heavy (non-hydrogen) atoms. The van der Waals surface area contributed by atoms with Gasteiger partial charge in [-0.2, -0.15) is 0 Å². The molecule has 524 valence electrons. The molecule has 0 rings (SSSR count). The molecular formula is C82H144NO8+. The number of carboxylic acid groups (broad SMARTS) is 1. The van der Waals surface area contributed by atoms with Crippen LogP contribution in [-0.4, -0.2) is 87.4 Å². The molecular weight excluding hydrogens is 1130 g/mol. The van der Waals surface area contributed by atoms with Crippen molar-refractivity contribution in [2.45, 2.75) is 347 Å². The van der Waals surface area contributed by atoms with E-state index in [9.17, 15) is 19.5 Å². The summed E-state index contributed by atoms with van der Waals surface area (Å²) in [5, 5.41) is 9.76. The number of hydrogen-bond donors (Lipinski definition) is 1. The Morgan fingerprint density at radius 2 is 0.626 bits per heavy atom. The van der Waals surface area contributed by atoms with Crippen LogP contribution in [-0.2, 0) is 33.3 Å². The fourth-order valence-corrected chi connectivity index (χ4v) is 10.7. The lowest BCUT2D eigenvalue weighted by atomic mass is 10.0. The lowest BCUT2D eigenvalue weighted by Gasteiger charge is -2.25. The maximum atomic E-state index is 13.0. The highest BCUT2D eigenvalue weighted by Crippen LogP contribution is 2.18. The lowest BCUT2D eigenvalue weighted by Crippen LogP contribution is -2.40. The Balaban J connectivity index is 4.07. The number of aliphatic carboxylic acids is 1. The van der Waals surface area contributed by atoms with E-state index in [4.69, 9.17) is 18.9 Å². The van der Waals surface area contributed by atoms with Crippen LogP contribution in [0.2, 0.25) is 0 Å². The van der Waals surface area contributed by atoms with Crippen molar-refractivity contribution < 1.29 is 42.9 Å². The van der Waals surface area contributed by atoms with Crippen molar-refractivity contribution in [3.05, 3.63) is 109 Å². The number of quaternary nitrogens is 1. The summed E-state index contributed by atoms with van der Waals surface area (Å²) < 4.78 is 23.0. The quantitative estimate of drug-likeness (QED) is 0.0211. The van der Waals surface area contributed by atoms with Crippen LogP contribution in [0, 0.1) is 0 Å². The molecule has 0 aliphatic carbocycles. The molecule has 2 atom stereocenters. The largest absolute Gasteiger partial charge is 0.477 e. The van der Waals surface area contributed by atoms with E-state index in [1.807, 2.05) is 21.1 Å². The Morgan fingerprint density at radius 1 is 0.341 bits per heavy atom. The molecule has 0 radical (unpaired) electrons. The molecule has 0 aromatic rings. The van der Waals surface area contributed by atoms with Crippen LogP contribution in [0.4, 0.5) is 0 Å². The van der Waals surface area contributed by atoms with Gasteiger partial charge in [-0.3, -0.25) is 9.59 Å². The van der Waals surface area contributed by atoms with Gasteiger partial charge in [-0.1, -0.05) is 329 Å². The molecule has 0 heterocycles. The number of carboxylic acids is 1. The van der Waals surface area contributed by atoms with Crippen molar-refractivity contribution in [2.24, 2.45) is 0 Å². The summed E-state index contributed by atoms with van der Waals surface area (Å²) in [5.41, 5.74) is 0. The molecule has 0 aromatic heterocycles. The highest BCUT2D eigenvalue weighted by atomic mass is 16.7. The number of rotatable bonds is 70. The Morgan fingerprint density at radius 3 is 0.934 bits per heavy atom.